The van der Waals surface area contributed by atoms with Gasteiger partial charge in [0.2, 0.25) is 5.95 Å². The van der Waals surface area contributed by atoms with Crippen LogP contribution in [0, 0.1) is 5.82 Å². The summed E-state index contributed by atoms with van der Waals surface area (Å²) in [6.07, 6.45) is 1.55. The molecule has 0 spiro atoms. The van der Waals surface area contributed by atoms with Gasteiger partial charge in [-0.05, 0) is 31.2 Å². The van der Waals surface area contributed by atoms with Gasteiger partial charge in [0.1, 0.15) is 10.8 Å². The molecule has 6 heteroatoms. The van der Waals surface area contributed by atoms with Crippen molar-refractivity contribution in [1.29, 1.82) is 0 Å². The maximum Gasteiger partial charge on any atom is 0.223 e. The highest BCUT2D eigenvalue weighted by Crippen LogP contribution is 2.31. The van der Waals surface area contributed by atoms with Crippen LogP contribution < -0.4 is 5.32 Å². The van der Waals surface area contributed by atoms with Crippen molar-refractivity contribution in [1.82, 2.24) is 9.97 Å². The van der Waals surface area contributed by atoms with Crippen molar-refractivity contribution < 1.29 is 4.39 Å². The van der Waals surface area contributed by atoms with E-state index in [-0.39, 0.29) is 5.82 Å². The standard InChI is InChI=1S/C12H11ClFN3S/c1-2-15-12-16-7-10(13)11(17-12)18-9-5-3-8(14)4-6-9/h3-7H,2H2,1H3,(H,15,16,17). The number of aromatic nitrogens is 2. The summed E-state index contributed by atoms with van der Waals surface area (Å²) in [5, 5.41) is 4.14. The Bertz CT molecular complexity index is 533. The molecule has 94 valence electrons. The Morgan fingerprint density at radius 1 is 1.33 bits per heavy atom. The molecule has 1 N–H and O–H groups in total. The van der Waals surface area contributed by atoms with Crippen molar-refractivity contribution in [3.8, 4) is 0 Å². The predicted molar refractivity (Wildman–Crippen MR) is 71.7 cm³/mol. The molecule has 1 aromatic carbocycles. The van der Waals surface area contributed by atoms with Gasteiger partial charge < -0.3 is 5.32 Å². The highest BCUT2D eigenvalue weighted by Gasteiger charge is 2.07. The van der Waals surface area contributed by atoms with E-state index in [0.717, 1.165) is 11.4 Å². The fourth-order valence-corrected chi connectivity index (χ4v) is 2.27. The third-order valence-electron chi connectivity index (χ3n) is 2.07. The first-order valence-corrected chi connectivity index (χ1v) is 6.58. The molecule has 0 saturated heterocycles. The number of hydrogen-bond acceptors (Lipinski definition) is 4. The third-order valence-corrected chi connectivity index (χ3v) is 3.48. The number of nitrogens with one attached hydrogen (secondary N) is 1. The topological polar surface area (TPSA) is 37.8 Å². The number of rotatable bonds is 4. The van der Waals surface area contributed by atoms with Crippen molar-refractivity contribution >= 4 is 29.3 Å². The number of benzene rings is 1. The summed E-state index contributed by atoms with van der Waals surface area (Å²) < 4.78 is 12.8. The van der Waals surface area contributed by atoms with E-state index in [1.807, 2.05) is 6.92 Å². The number of nitrogens with zero attached hydrogens (tertiary/aromatic N) is 2. The second-order valence-corrected chi connectivity index (χ2v) is 4.90. The molecular weight excluding hydrogens is 273 g/mol. The minimum absolute atomic E-state index is 0.263. The maximum absolute atomic E-state index is 12.8. The summed E-state index contributed by atoms with van der Waals surface area (Å²) in [7, 11) is 0. The summed E-state index contributed by atoms with van der Waals surface area (Å²) in [6.45, 7) is 2.70. The van der Waals surface area contributed by atoms with Crippen LogP contribution in [0.1, 0.15) is 6.92 Å². The van der Waals surface area contributed by atoms with Crippen LogP contribution in [-0.4, -0.2) is 16.5 Å². The van der Waals surface area contributed by atoms with E-state index < -0.39 is 0 Å². The maximum atomic E-state index is 12.8. The van der Waals surface area contributed by atoms with E-state index in [9.17, 15) is 4.39 Å². The zero-order chi connectivity index (χ0) is 13.0. The van der Waals surface area contributed by atoms with Crippen LogP contribution in [0.15, 0.2) is 40.4 Å². The normalized spacial score (nSPS) is 10.4. The third kappa shape index (κ3) is 3.34. The van der Waals surface area contributed by atoms with Gasteiger partial charge in [-0.15, -0.1) is 0 Å². The van der Waals surface area contributed by atoms with E-state index in [0.29, 0.717) is 16.0 Å². The number of anilines is 1. The molecule has 0 amide bonds. The Morgan fingerprint density at radius 3 is 2.72 bits per heavy atom. The smallest absolute Gasteiger partial charge is 0.223 e. The van der Waals surface area contributed by atoms with Gasteiger partial charge in [0.05, 0.1) is 11.2 Å². The lowest BCUT2D eigenvalue weighted by Gasteiger charge is -2.06. The van der Waals surface area contributed by atoms with Gasteiger partial charge in [0.15, 0.2) is 0 Å². The lowest BCUT2D eigenvalue weighted by molar-refractivity contribution is 0.626. The van der Waals surface area contributed by atoms with Crippen molar-refractivity contribution in [3.05, 3.63) is 41.3 Å². The largest absolute Gasteiger partial charge is 0.354 e. The van der Waals surface area contributed by atoms with Crippen molar-refractivity contribution in [2.24, 2.45) is 0 Å². The highest BCUT2D eigenvalue weighted by atomic mass is 35.5. The molecule has 3 nitrogen and oxygen atoms in total. The Balaban J connectivity index is 2.22. The van der Waals surface area contributed by atoms with E-state index in [4.69, 9.17) is 11.6 Å². The summed E-state index contributed by atoms with van der Waals surface area (Å²) in [4.78, 5) is 9.23. The molecule has 18 heavy (non-hydrogen) atoms. The van der Waals surface area contributed by atoms with Crippen LogP contribution in [0.2, 0.25) is 5.02 Å². The molecule has 0 atom stereocenters. The lowest BCUT2D eigenvalue weighted by atomic mass is 10.4. The van der Waals surface area contributed by atoms with E-state index in [1.54, 1.807) is 18.3 Å². The summed E-state index contributed by atoms with van der Waals surface area (Å²) >= 11 is 7.40. The van der Waals surface area contributed by atoms with Crippen molar-refractivity contribution in [2.75, 3.05) is 11.9 Å². The Kier molecular flexibility index (Phi) is 4.38. The Morgan fingerprint density at radius 2 is 2.06 bits per heavy atom. The first-order valence-electron chi connectivity index (χ1n) is 5.39. The second kappa shape index (κ2) is 6.02. The Hall–Kier alpha value is -1.33. The van der Waals surface area contributed by atoms with Gasteiger partial charge in [0, 0.05) is 11.4 Å². The van der Waals surface area contributed by atoms with Crippen LogP contribution >= 0.6 is 23.4 Å². The van der Waals surface area contributed by atoms with Gasteiger partial charge in [-0.25, -0.2) is 14.4 Å². The van der Waals surface area contributed by atoms with Gasteiger partial charge in [-0.3, -0.25) is 0 Å². The zero-order valence-corrected chi connectivity index (χ0v) is 11.2. The van der Waals surface area contributed by atoms with Crippen LogP contribution in [0.25, 0.3) is 0 Å². The SMILES string of the molecule is CCNc1ncc(Cl)c(Sc2ccc(F)cc2)n1. The van der Waals surface area contributed by atoms with Crippen LogP contribution in [0.5, 0.6) is 0 Å². The van der Waals surface area contributed by atoms with Crippen LogP contribution in [0.4, 0.5) is 10.3 Å². The summed E-state index contributed by atoms with van der Waals surface area (Å²) in [5.41, 5.74) is 0. The summed E-state index contributed by atoms with van der Waals surface area (Å²) in [6, 6.07) is 6.18. The molecule has 0 aliphatic carbocycles. The number of halogens is 2. The average Bonchev–Trinajstić information content (AvgIpc) is 2.36. The molecule has 2 rings (SSSR count). The minimum atomic E-state index is -0.263. The van der Waals surface area contributed by atoms with Crippen LogP contribution in [0.3, 0.4) is 0 Å². The molecule has 0 fully saturated rings. The van der Waals surface area contributed by atoms with Crippen LogP contribution in [-0.2, 0) is 0 Å². The number of hydrogen-bond donors (Lipinski definition) is 1. The molecule has 0 saturated carbocycles. The van der Waals surface area contributed by atoms with Gasteiger partial charge >= 0.3 is 0 Å². The van der Waals surface area contributed by atoms with E-state index in [2.05, 4.69) is 15.3 Å². The summed E-state index contributed by atoms with van der Waals surface area (Å²) in [5.74, 6) is 0.271. The molecule has 0 radical (unpaired) electrons. The molecule has 0 unspecified atom stereocenters. The molecule has 0 aliphatic rings. The quantitative estimate of drug-likeness (QED) is 0.865. The first-order chi connectivity index (χ1) is 8.69. The minimum Gasteiger partial charge on any atom is -0.354 e. The fraction of sp³-hybridized carbons (Fsp3) is 0.167. The van der Waals surface area contributed by atoms with E-state index >= 15 is 0 Å². The van der Waals surface area contributed by atoms with Crippen molar-refractivity contribution in [2.45, 2.75) is 16.8 Å². The van der Waals surface area contributed by atoms with Gasteiger partial charge in [0.25, 0.3) is 0 Å². The highest BCUT2D eigenvalue weighted by molar-refractivity contribution is 7.99. The molecular formula is C12H11ClFN3S. The van der Waals surface area contributed by atoms with Gasteiger partial charge in [-0.1, -0.05) is 23.4 Å². The van der Waals surface area contributed by atoms with Gasteiger partial charge in [-0.2, -0.15) is 0 Å². The monoisotopic (exact) mass is 283 g/mol. The Labute approximate surface area is 114 Å². The second-order valence-electron chi connectivity index (χ2n) is 3.43. The zero-order valence-electron chi connectivity index (χ0n) is 9.65. The average molecular weight is 284 g/mol. The molecule has 0 aliphatic heterocycles. The molecule has 1 heterocycles. The first kappa shape index (κ1) is 13.1. The molecule has 0 bridgehead atoms. The lowest BCUT2D eigenvalue weighted by Crippen LogP contribution is -2.02. The molecule has 1 aromatic heterocycles. The molecule has 2 aromatic rings. The predicted octanol–water partition coefficient (Wildman–Crippen LogP) is 3.85. The van der Waals surface area contributed by atoms with E-state index in [1.165, 1.54) is 23.9 Å². The van der Waals surface area contributed by atoms with Crippen molar-refractivity contribution in [3.63, 3.8) is 0 Å². The fourth-order valence-electron chi connectivity index (χ4n) is 1.28.